The largest absolute Gasteiger partial charge is 0.493 e. The third-order valence-corrected chi connectivity index (χ3v) is 9.36. The molecular formula is C36H33N3O8S. The topological polar surface area (TPSA) is 118 Å². The van der Waals surface area contributed by atoms with Crippen molar-refractivity contribution in [3.8, 4) is 23.0 Å². The molecular weight excluding hydrogens is 634 g/mol. The molecule has 7 rings (SSSR count). The fraction of sp³-hybridized carbons (Fsp3) is 0.278. The maximum atomic E-state index is 14.3. The number of nitrogens with zero attached hydrogens (tertiary/aromatic N) is 3. The van der Waals surface area contributed by atoms with E-state index in [-0.39, 0.29) is 37.0 Å². The molecule has 0 radical (unpaired) electrons. The number of hydrogen-bond donors (Lipinski definition) is 0. The molecule has 11 nitrogen and oxygen atoms in total. The number of aromatic nitrogens is 1. The van der Waals surface area contributed by atoms with Crippen LogP contribution in [0.1, 0.15) is 42.5 Å². The highest BCUT2D eigenvalue weighted by molar-refractivity contribution is 7.07. The highest BCUT2D eigenvalue weighted by atomic mass is 32.1. The second-order valence-corrected chi connectivity index (χ2v) is 12.3. The van der Waals surface area contributed by atoms with Crippen LogP contribution < -0.4 is 33.8 Å². The molecule has 246 valence electrons. The van der Waals surface area contributed by atoms with Gasteiger partial charge in [-0.05, 0) is 61.2 Å². The molecule has 4 aromatic rings. The SMILES string of the molecule is CCOC(=O)C1=C(c2ccccc2)N=c2s/c(=C/c3ccc(OCC(=O)N4CCCC4)c(OC)c3)c(=O)n2[C@H]1c1ccc2c(c1)OCO2. The maximum absolute atomic E-state index is 14.3. The van der Waals surface area contributed by atoms with Crippen LogP contribution in [0.4, 0.5) is 0 Å². The lowest BCUT2D eigenvalue weighted by Crippen LogP contribution is -2.40. The molecule has 0 bridgehead atoms. The number of fused-ring (bicyclic) bond motifs is 2. The molecule has 3 aromatic carbocycles. The Morgan fingerprint density at radius 3 is 2.56 bits per heavy atom. The van der Waals surface area contributed by atoms with Crippen LogP contribution in [0.15, 0.2) is 82.1 Å². The number of carbonyl (C=O) groups is 2. The lowest BCUT2D eigenvalue weighted by Gasteiger charge is -2.26. The number of esters is 1. The molecule has 4 heterocycles. The lowest BCUT2D eigenvalue weighted by molar-refractivity contribution is -0.139. The maximum Gasteiger partial charge on any atom is 0.338 e. The summed E-state index contributed by atoms with van der Waals surface area (Å²) >= 11 is 1.22. The summed E-state index contributed by atoms with van der Waals surface area (Å²) in [4.78, 5) is 47.7. The van der Waals surface area contributed by atoms with Gasteiger partial charge < -0.3 is 28.6 Å². The molecule has 0 aliphatic carbocycles. The van der Waals surface area contributed by atoms with E-state index < -0.39 is 12.0 Å². The molecule has 1 saturated heterocycles. The van der Waals surface area contributed by atoms with Crippen LogP contribution in [0, 0.1) is 0 Å². The van der Waals surface area contributed by atoms with E-state index in [4.69, 9.17) is 28.7 Å². The van der Waals surface area contributed by atoms with E-state index in [2.05, 4.69) is 0 Å². The molecule has 0 N–H and O–H groups in total. The molecule has 1 fully saturated rings. The summed E-state index contributed by atoms with van der Waals surface area (Å²) in [5.41, 5.74) is 2.38. The molecule has 1 amide bonds. The number of benzene rings is 3. The lowest BCUT2D eigenvalue weighted by atomic mass is 9.93. The van der Waals surface area contributed by atoms with E-state index in [1.54, 1.807) is 48.2 Å². The fourth-order valence-electron chi connectivity index (χ4n) is 6.08. The molecule has 12 heteroatoms. The highest BCUT2D eigenvalue weighted by Crippen LogP contribution is 2.40. The van der Waals surface area contributed by atoms with Crippen LogP contribution in [0.5, 0.6) is 23.0 Å². The zero-order valence-corrected chi connectivity index (χ0v) is 27.3. The van der Waals surface area contributed by atoms with Gasteiger partial charge in [-0.3, -0.25) is 14.2 Å². The minimum Gasteiger partial charge on any atom is -0.493 e. The predicted octanol–water partition coefficient (Wildman–Crippen LogP) is 3.67. The summed E-state index contributed by atoms with van der Waals surface area (Å²) in [6.45, 7) is 3.39. The Labute approximate surface area is 279 Å². The number of hydrogen-bond acceptors (Lipinski definition) is 10. The number of rotatable bonds is 9. The predicted molar refractivity (Wildman–Crippen MR) is 178 cm³/mol. The van der Waals surface area contributed by atoms with E-state index in [0.29, 0.717) is 54.7 Å². The summed E-state index contributed by atoms with van der Waals surface area (Å²) in [5, 5.41) is 0. The van der Waals surface area contributed by atoms with Crippen LogP contribution in [0.3, 0.4) is 0 Å². The first-order valence-electron chi connectivity index (χ1n) is 15.7. The van der Waals surface area contributed by atoms with Crippen molar-refractivity contribution in [2.75, 3.05) is 40.2 Å². The monoisotopic (exact) mass is 667 g/mol. The highest BCUT2D eigenvalue weighted by Gasteiger charge is 2.36. The second kappa shape index (κ2) is 13.4. The molecule has 48 heavy (non-hydrogen) atoms. The summed E-state index contributed by atoms with van der Waals surface area (Å²) < 4.78 is 30.1. The number of amides is 1. The number of methoxy groups -OCH3 is 1. The van der Waals surface area contributed by atoms with E-state index >= 15 is 0 Å². The third kappa shape index (κ3) is 5.95. The van der Waals surface area contributed by atoms with Crippen LogP contribution in [-0.4, -0.2) is 61.5 Å². The molecule has 3 aliphatic rings. The van der Waals surface area contributed by atoms with Crippen molar-refractivity contribution >= 4 is 35.0 Å². The molecule has 1 atom stereocenters. The Morgan fingerprint density at radius 2 is 1.79 bits per heavy atom. The Hall–Kier alpha value is -5.36. The Bertz CT molecular complexity index is 2100. The molecule has 1 aromatic heterocycles. The van der Waals surface area contributed by atoms with Gasteiger partial charge in [0.15, 0.2) is 34.4 Å². The number of thiazole rings is 1. The smallest absolute Gasteiger partial charge is 0.338 e. The third-order valence-electron chi connectivity index (χ3n) is 8.38. The first-order valence-corrected chi connectivity index (χ1v) is 16.5. The molecule has 0 unspecified atom stereocenters. The van der Waals surface area contributed by atoms with Crippen molar-refractivity contribution in [3.63, 3.8) is 0 Å². The summed E-state index contributed by atoms with van der Waals surface area (Å²) in [7, 11) is 1.52. The van der Waals surface area contributed by atoms with Crippen LogP contribution >= 0.6 is 11.3 Å². The Morgan fingerprint density at radius 1 is 1.00 bits per heavy atom. The molecule has 0 saturated carbocycles. The summed E-state index contributed by atoms with van der Waals surface area (Å²) in [5.74, 6) is 1.33. The second-order valence-electron chi connectivity index (χ2n) is 11.3. The minimum absolute atomic E-state index is 0.0613. The van der Waals surface area contributed by atoms with Crippen molar-refractivity contribution in [1.82, 2.24) is 9.47 Å². The van der Waals surface area contributed by atoms with Crippen molar-refractivity contribution in [3.05, 3.63) is 109 Å². The van der Waals surface area contributed by atoms with Crippen molar-refractivity contribution in [1.29, 1.82) is 0 Å². The first-order chi connectivity index (χ1) is 23.4. The first kappa shape index (κ1) is 31.3. The Balaban J connectivity index is 1.33. The summed E-state index contributed by atoms with van der Waals surface area (Å²) in [6, 6.07) is 19.2. The van der Waals surface area contributed by atoms with Crippen molar-refractivity contribution in [2.45, 2.75) is 25.8 Å². The quantitative estimate of drug-likeness (QED) is 0.248. The number of ether oxygens (including phenoxy) is 5. The van der Waals surface area contributed by atoms with Gasteiger partial charge in [0.1, 0.15) is 0 Å². The van der Waals surface area contributed by atoms with Gasteiger partial charge in [-0.2, -0.15) is 0 Å². The van der Waals surface area contributed by atoms with Gasteiger partial charge in [-0.15, -0.1) is 0 Å². The van der Waals surface area contributed by atoms with Crippen molar-refractivity contribution in [2.24, 2.45) is 4.99 Å². The zero-order chi connectivity index (χ0) is 33.2. The van der Waals surface area contributed by atoms with Crippen LogP contribution in [0.25, 0.3) is 11.8 Å². The van der Waals surface area contributed by atoms with Gasteiger partial charge in [0, 0.05) is 18.7 Å². The fourth-order valence-corrected chi connectivity index (χ4v) is 7.08. The van der Waals surface area contributed by atoms with Gasteiger partial charge >= 0.3 is 5.97 Å². The van der Waals surface area contributed by atoms with Crippen LogP contribution in [0.2, 0.25) is 0 Å². The van der Waals surface area contributed by atoms with E-state index in [1.807, 2.05) is 36.4 Å². The van der Waals surface area contributed by atoms with Gasteiger partial charge in [-0.1, -0.05) is 53.8 Å². The van der Waals surface area contributed by atoms with E-state index in [9.17, 15) is 14.4 Å². The number of likely N-dealkylation sites (tertiary alicyclic amines) is 1. The van der Waals surface area contributed by atoms with Gasteiger partial charge in [0.25, 0.3) is 11.5 Å². The normalized spacial score (nSPS) is 16.8. The van der Waals surface area contributed by atoms with Gasteiger partial charge in [0.05, 0.1) is 35.6 Å². The molecule has 0 spiro atoms. The zero-order valence-electron chi connectivity index (χ0n) is 26.5. The average molecular weight is 668 g/mol. The van der Waals surface area contributed by atoms with Crippen molar-refractivity contribution < 1.29 is 33.3 Å². The van der Waals surface area contributed by atoms with E-state index in [1.165, 1.54) is 23.0 Å². The average Bonchev–Trinajstić information content (AvgIpc) is 3.88. The minimum atomic E-state index is -0.856. The van der Waals surface area contributed by atoms with Gasteiger partial charge in [-0.25, -0.2) is 9.79 Å². The van der Waals surface area contributed by atoms with Gasteiger partial charge in [0.2, 0.25) is 6.79 Å². The number of carbonyl (C=O) groups excluding carboxylic acids is 2. The van der Waals surface area contributed by atoms with Crippen LogP contribution in [-0.2, 0) is 14.3 Å². The Kier molecular flexibility index (Phi) is 8.72. The molecule has 3 aliphatic heterocycles. The van der Waals surface area contributed by atoms with E-state index in [0.717, 1.165) is 25.9 Å². The standard InChI is InChI=1S/C36H33N3O8S/c1-3-44-35(42)31-32(23-9-5-4-6-10-23)37-36-39(33(31)24-12-14-26-28(19-24)47-21-46-26)34(41)29(48-36)18-22-11-13-25(27(17-22)43-2)45-20-30(40)38-15-7-8-16-38/h4-6,9-14,17-19,33H,3,7-8,15-16,20-21H2,1-2H3/b29-18+/t33-/m0/s1. The summed E-state index contributed by atoms with van der Waals surface area (Å²) in [6.07, 6.45) is 3.76.